The third kappa shape index (κ3) is 5.13. The molecular weight excluding hydrogens is 200 g/mol. The van der Waals surface area contributed by atoms with E-state index < -0.39 is 0 Å². The summed E-state index contributed by atoms with van der Waals surface area (Å²) in [5.74, 6) is 0. The number of hydrogen-bond donors (Lipinski definition) is 1. The normalized spacial score (nSPS) is 20.1. The maximum atomic E-state index is 8.69. The van der Waals surface area contributed by atoms with E-state index in [4.69, 9.17) is 9.84 Å². The van der Waals surface area contributed by atoms with Crippen molar-refractivity contribution in [2.45, 2.75) is 64.4 Å². The highest BCUT2D eigenvalue weighted by Crippen LogP contribution is 2.26. The van der Waals surface area contributed by atoms with Crippen molar-refractivity contribution in [2.75, 3.05) is 13.2 Å². The Labute approximate surface area is 99.7 Å². The summed E-state index contributed by atoms with van der Waals surface area (Å²) in [6.07, 6.45) is 12.1. The van der Waals surface area contributed by atoms with E-state index in [-0.39, 0.29) is 6.61 Å². The maximum absolute atomic E-state index is 8.69. The van der Waals surface area contributed by atoms with E-state index in [1.807, 2.05) is 0 Å². The molecule has 0 aromatic carbocycles. The van der Waals surface area contributed by atoms with Gasteiger partial charge in [-0.15, -0.1) is 0 Å². The molecule has 1 atom stereocenters. The van der Waals surface area contributed by atoms with Crippen LogP contribution < -0.4 is 0 Å². The fourth-order valence-electron chi connectivity index (χ4n) is 2.21. The highest BCUT2D eigenvalue weighted by Gasteiger charge is 2.18. The largest absolute Gasteiger partial charge is 0.396 e. The molecule has 1 aliphatic rings. The van der Waals surface area contributed by atoms with Gasteiger partial charge in [0.2, 0.25) is 0 Å². The van der Waals surface area contributed by atoms with Gasteiger partial charge in [-0.3, -0.25) is 0 Å². The Morgan fingerprint density at radius 1 is 1.31 bits per heavy atom. The van der Waals surface area contributed by atoms with E-state index in [1.54, 1.807) is 0 Å². The van der Waals surface area contributed by atoms with Gasteiger partial charge < -0.3 is 9.84 Å². The number of allylic oxidation sites excluding steroid dienone is 1. The lowest BCUT2D eigenvalue weighted by molar-refractivity contribution is 0.0704. The zero-order valence-electron chi connectivity index (χ0n) is 10.6. The smallest absolute Gasteiger partial charge is 0.0787 e. The minimum Gasteiger partial charge on any atom is -0.396 e. The third-order valence-electron chi connectivity index (χ3n) is 3.19. The van der Waals surface area contributed by atoms with Crippen LogP contribution in [0.5, 0.6) is 0 Å². The van der Waals surface area contributed by atoms with Crippen molar-refractivity contribution in [1.82, 2.24) is 0 Å². The number of aliphatic hydroxyl groups excluding tert-OH is 1. The Kier molecular flexibility index (Phi) is 7.52. The number of aliphatic hydroxyl groups is 1. The summed E-state index contributed by atoms with van der Waals surface area (Å²) in [4.78, 5) is 0. The average molecular weight is 226 g/mol. The molecule has 94 valence electrons. The summed E-state index contributed by atoms with van der Waals surface area (Å²) >= 11 is 0. The molecule has 2 nitrogen and oxygen atoms in total. The van der Waals surface area contributed by atoms with Gasteiger partial charge in [-0.1, -0.05) is 25.8 Å². The molecule has 1 rings (SSSR count). The van der Waals surface area contributed by atoms with E-state index in [0.29, 0.717) is 6.10 Å². The third-order valence-corrected chi connectivity index (χ3v) is 3.19. The second-order valence-corrected chi connectivity index (χ2v) is 4.60. The highest BCUT2D eigenvalue weighted by atomic mass is 16.5. The lowest BCUT2D eigenvalue weighted by Gasteiger charge is -2.16. The second-order valence-electron chi connectivity index (χ2n) is 4.60. The SMILES string of the molecule is CCCCCC1=CCCC1OCCCCO. The van der Waals surface area contributed by atoms with Gasteiger partial charge in [-0.25, -0.2) is 0 Å². The van der Waals surface area contributed by atoms with Crippen molar-refractivity contribution in [2.24, 2.45) is 0 Å². The fourth-order valence-corrected chi connectivity index (χ4v) is 2.21. The van der Waals surface area contributed by atoms with Gasteiger partial charge in [-0.2, -0.15) is 0 Å². The molecule has 0 aromatic rings. The molecule has 0 aromatic heterocycles. The Morgan fingerprint density at radius 2 is 2.19 bits per heavy atom. The molecule has 0 saturated heterocycles. The molecule has 0 amide bonds. The molecule has 0 heterocycles. The molecule has 0 bridgehead atoms. The van der Waals surface area contributed by atoms with Crippen LogP contribution >= 0.6 is 0 Å². The molecule has 1 N–H and O–H groups in total. The highest BCUT2D eigenvalue weighted by molar-refractivity contribution is 5.14. The fraction of sp³-hybridized carbons (Fsp3) is 0.857. The topological polar surface area (TPSA) is 29.5 Å². The summed E-state index contributed by atoms with van der Waals surface area (Å²) in [6, 6.07) is 0. The number of rotatable bonds is 9. The van der Waals surface area contributed by atoms with Crippen LogP contribution in [0.2, 0.25) is 0 Å². The van der Waals surface area contributed by atoms with Crippen molar-refractivity contribution in [3.8, 4) is 0 Å². The van der Waals surface area contributed by atoms with Crippen LogP contribution in [0.4, 0.5) is 0 Å². The summed E-state index contributed by atoms with van der Waals surface area (Å²) < 4.78 is 5.87. The summed E-state index contributed by atoms with van der Waals surface area (Å²) in [7, 11) is 0. The first-order chi connectivity index (χ1) is 7.88. The Morgan fingerprint density at radius 3 is 2.94 bits per heavy atom. The number of unbranched alkanes of at least 4 members (excludes halogenated alkanes) is 3. The van der Waals surface area contributed by atoms with Crippen LogP contribution in [0.25, 0.3) is 0 Å². The van der Waals surface area contributed by atoms with Gasteiger partial charge in [0.25, 0.3) is 0 Å². The van der Waals surface area contributed by atoms with Crippen molar-refractivity contribution in [3.05, 3.63) is 11.6 Å². The first-order valence-electron chi connectivity index (χ1n) is 6.80. The lowest BCUT2D eigenvalue weighted by Crippen LogP contribution is -2.13. The van der Waals surface area contributed by atoms with Crippen LogP contribution in [0.3, 0.4) is 0 Å². The minimum absolute atomic E-state index is 0.285. The van der Waals surface area contributed by atoms with Crippen LogP contribution in [0.1, 0.15) is 58.3 Å². The van der Waals surface area contributed by atoms with Crippen LogP contribution in [0.15, 0.2) is 11.6 Å². The second kappa shape index (κ2) is 8.77. The van der Waals surface area contributed by atoms with Crippen molar-refractivity contribution >= 4 is 0 Å². The minimum atomic E-state index is 0.285. The summed E-state index contributed by atoms with van der Waals surface area (Å²) in [5.41, 5.74) is 1.53. The Bertz CT molecular complexity index is 199. The van der Waals surface area contributed by atoms with Crippen molar-refractivity contribution in [3.63, 3.8) is 0 Å². The average Bonchev–Trinajstić information content (AvgIpc) is 2.73. The van der Waals surface area contributed by atoms with Gasteiger partial charge in [0.05, 0.1) is 6.10 Å². The number of hydrogen-bond acceptors (Lipinski definition) is 2. The Hall–Kier alpha value is -0.340. The summed E-state index contributed by atoms with van der Waals surface area (Å²) in [6.45, 7) is 3.33. The lowest BCUT2D eigenvalue weighted by atomic mass is 10.1. The standard InChI is InChI=1S/C14H26O2/c1-2-3-4-8-13-9-7-10-14(13)16-12-6-5-11-15/h9,14-15H,2-8,10-12H2,1H3. The van der Waals surface area contributed by atoms with E-state index in [0.717, 1.165) is 19.4 Å². The molecule has 0 spiro atoms. The van der Waals surface area contributed by atoms with Crippen LogP contribution in [0, 0.1) is 0 Å². The molecule has 0 radical (unpaired) electrons. The van der Waals surface area contributed by atoms with Gasteiger partial charge in [0.15, 0.2) is 0 Å². The zero-order valence-corrected chi connectivity index (χ0v) is 10.6. The van der Waals surface area contributed by atoms with Crippen LogP contribution in [-0.4, -0.2) is 24.4 Å². The van der Waals surface area contributed by atoms with Gasteiger partial charge >= 0.3 is 0 Å². The van der Waals surface area contributed by atoms with Crippen LogP contribution in [-0.2, 0) is 4.74 Å². The Balaban J connectivity index is 2.13. The predicted octanol–water partition coefficient (Wildman–Crippen LogP) is 3.44. The molecule has 0 fully saturated rings. The van der Waals surface area contributed by atoms with E-state index >= 15 is 0 Å². The molecule has 0 aliphatic heterocycles. The molecule has 2 heteroatoms. The van der Waals surface area contributed by atoms with Crippen molar-refractivity contribution < 1.29 is 9.84 Å². The van der Waals surface area contributed by atoms with E-state index in [9.17, 15) is 0 Å². The van der Waals surface area contributed by atoms with E-state index in [2.05, 4.69) is 13.0 Å². The maximum Gasteiger partial charge on any atom is 0.0787 e. The molecule has 0 saturated carbocycles. The first kappa shape index (κ1) is 13.7. The summed E-state index contributed by atoms with van der Waals surface area (Å²) in [5, 5.41) is 8.69. The predicted molar refractivity (Wildman–Crippen MR) is 67.5 cm³/mol. The van der Waals surface area contributed by atoms with Gasteiger partial charge in [0.1, 0.15) is 0 Å². The van der Waals surface area contributed by atoms with E-state index in [1.165, 1.54) is 44.1 Å². The van der Waals surface area contributed by atoms with Gasteiger partial charge in [-0.05, 0) is 44.1 Å². The zero-order chi connectivity index (χ0) is 11.6. The van der Waals surface area contributed by atoms with Crippen molar-refractivity contribution in [1.29, 1.82) is 0 Å². The number of ether oxygens (including phenoxy) is 1. The first-order valence-corrected chi connectivity index (χ1v) is 6.80. The van der Waals surface area contributed by atoms with Gasteiger partial charge in [0, 0.05) is 13.2 Å². The molecule has 1 aliphatic carbocycles. The quantitative estimate of drug-likeness (QED) is 0.482. The molecular formula is C14H26O2. The molecule has 1 unspecified atom stereocenters. The molecule has 16 heavy (non-hydrogen) atoms. The monoisotopic (exact) mass is 226 g/mol.